The van der Waals surface area contributed by atoms with E-state index < -0.39 is 15.9 Å². The topological polar surface area (TPSA) is 84.9 Å². The number of amides is 1. The molecule has 0 heterocycles. The molecule has 2 aromatic carbocycles. The lowest BCUT2D eigenvalue weighted by atomic mass is 10.1. The van der Waals surface area contributed by atoms with Gasteiger partial charge < -0.3 is 14.8 Å². The Balaban J connectivity index is 2.48. The highest BCUT2D eigenvalue weighted by atomic mass is 32.2. The molecule has 1 amide bonds. The van der Waals surface area contributed by atoms with Crippen molar-refractivity contribution in [2.45, 2.75) is 13.0 Å². The summed E-state index contributed by atoms with van der Waals surface area (Å²) < 4.78 is 35.6. The van der Waals surface area contributed by atoms with Crippen molar-refractivity contribution in [2.24, 2.45) is 0 Å². The van der Waals surface area contributed by atoms with Crippen LogP contribution in [0.2, 0.25) is 0 Å². The van der Waals surface area contributed by atoms with Gasteiger partial charge >= 0.3 is 0 Å². The summed E-state index contributed by atoms with van der Waals surface area (Å²) in [5.74, 6) is 0.245. The third kappa shape index (κ3) is 4.71. The number of carbonyl (C=O) groups excluding carboxylic acids is 1. The second-order valence-electron chi connectivity index (χ2n) is 6.06. The zero-order valence-electron chi connectivity index (χ0n) is 16.0. The first-order valence-corrected chi connectivity index (χ1v) is 10.1. The third-order valence-electron chi connectivity index (χ3n) is 4.23. The van der Waals surface area contributed by atoms with E-state index in [0.717, 1.165) is 16.1 Å². The molecular formula is C19H24N2O5S. The van der Waals surface area contributed by atoms with Crippen molar-refractivity contribution in [3.05, 3.63) is 53.6 Å². The van der Waals surface area contributed by atoms with Gasteiger partial charge in [-0.25, -0.2) is 8.42 Å². The zero-order valence-corrected chi connectivity index (χ0v) is 16.8. The van der Waals surface area contributed by atoms with Crippen LogP contribution in [0.25, 0.3) is 0 Å². The first-order chi connectivity index (χ1) is 12.7. The zero-order chi connectivity index (χ0) is 20.2. The van der Waals surface area contributed by atoms with E-state index in [4.69, 9.17) is 9.47 Å². The molecule has 1 N–H and O–H groups in total. The van der Waals surface area contributed by atoms with Crippen LogP contribution in [-0.2, 0) is 10.0 Å². The molecule has 0 aliphatic rings. The molecule has 2 rings (SSSR count). The molecule has 27 heavy (non-hydrogen) atoms. The smallest absolute Gasteiger partial charge is 0.254 e. The highest BCUT2D eigenvalue weighted by Gasteiger charge is 2.24. The second kappa shape index (κ2) is 8.30. The summed E-state index contributed by atoms with van der Waals surface area (Å²) in [6.07, 6.45) is 1.07. The van der Waals surface area contributed by atoms with Gasteiger partial charge in [-0.15, -0.1) is 0 Å². The molecule has 0 bridgehead atoms. The van der Waals surface area contributed by atoms with E-state index in [9.17, 15) is 13.2 Å². The molecule has 7 nitrogen and oxygen atoms in total. The average Bonchev–Trinajstić information content (AvgIpc) is 2.66. The van der Waals surface area contributed by atoms with Gasteiger partial charge in [-0.1, -0.05) is 30.3 Å². The first-order valence-electron chi connectivity index (χ1n) is 8.24. The van der Waals surface area contributed by atoms with Gasteiger partial charge in [-0.05, 0) is 18.6 Å². The number of carbonyl (C=O) groups is 1. The number of anilines is 1. The van der Waals surface area contributed by atoms with Crippen molar-refractivity contribution in [3.8, 4) is 11.5 Å². The molecule has 0 fully saturated rings. The van der Waals surface area contributed by atoms with Gasteiger partial charge in [0.05, 0.1) is 37.8 Å². The highest BCUT2D eigenvalue weighted by Crippen LogP contribution is 2.35. The normalized spacial score (nSPS) is 12.2. The maximum Gasteiger partial charge on any atom is 0.254 e. The van der Waals surface area contributed by atoms with Crippen molar-refractivity contribution in [1.82, 2.24) is 5.32 Å². The molecule has 146 valence electrons. The van der Waals surface area contributed by atoms with Crippen LogP contribution in [0.5, 0.6) is 11.5 Å². The largest absolute Gasteiger partial charge is 0.493 e. The van der Waals surface area contributed by atoms with Gasteiger partial charge in [0.15, 0.2) is 11.5 Å². The minimum absolute atomic E-state index is 0.170. The van der Waals surface area contributed by atoms with Crippen molar-refractivity contribution < 1.29 is 22.7 Å². The molecule has 0 aliphatic heterocycles. The molecule has 0 unspecified atom stereocenters. The molecule has 0 spiro atoms. The molecule has 1 atom stereocenters. The van der Waals surface area contributed by atoms with E-state index in [1.807, 2.05) is 37.3 Å². The van der Waals surface area contributed by atoms with Gasteiger partial charge in [0.25, 0.3) is 5.91 Å². The Morgan fingerprint density at radius 1 is 1.07 bits per heavy atom. The van der Waals surface area contributed by atoms with Crippen LogP contribution >= 0.6 is 0 Å². The second-order valence-corrected chi connectivity index (χ2v) is 8.07. The van der Waals surface area contributed by atoms with Crippen LogP contribution in [0.3, 0.4) is 0 Å². The Hall–Kier alpha value is -2.74. The summed E-state index contributed by atoms with van der Waals surface area (Å²) in [5, 5.41) is 2.89. The van der Waals surface area contributed by atoms with Crippen LogP contribution in [0.15, 0.2) is 42.5 Å². The molecule has 8 heteroatoms. The lowest BCUT2D eigenvalue weighted by Gasteiger charge is -2.23. The Labute approximate surface area is 160 Å². The van der Waals surface area contributed by atoms with E-state index in [1.54, 1.807) is 0 Å². The SMILES string of the molecule is COc1cc(C(=O)N[C@@H](C)c2ccccc2)c(N(C)S(C)(=O)=O)cc1OC. The molecule has 0 aliphatic carbocycles. The fourth-order valence-corrected chi connectivity index (χ4v) is 3.10. The van der Waals surface area contributed by atoms with Gasteiger partial charge in [0.2, 0.25) is 10.0 Å². The van der Waals surface area contributed by atoms with Crippen molar-refractivity contribution in [2.75, 3.05) is 31.8 Å². The molecule has 2 aromatic rings. The number of ether oxygens (including phenoxy) is 2. The van der Waals surface area contributed by atoms with E-state index >= 15 is 0 Å². The van der Waals surface area contributed by atoms with Gasteiger partial charge in [-0.2, -0.15) is 0 Å². The van der Waals surface area contributed by atoms with Crippen LogP contribution in [0, 0.1) is 0 Å². The van der Waals surface area contributed by atoms with Crippen LogP contribution < -0.4 is 19.1 Å². The van der Waals surface area contributed by atoms with E-state index in [1.165, 1.54) is 33.4 Å². The lowest BCUT2D eigenvalue weighted by molar-refractivity contribution is 0.0940. The van der Waals surface area contributed by atoms with Gasteiger partial charge in [0, 0.05) is 13.1 Å². The first kappa shape index (κ1) is 20.6. The van der Waals surface area contributed by atoms with Crippen LogP contribution in [-0.4, -0.2) is 41.8 Å². The van der Waals surface area contributed by atoms with Crippen LogP contribution in [0.4, 0.5) is 5.69 Å². The Bertz CT molecular complexity index is 913. The van der Waals surface area contributed by atoms with E-state index in [-0.39, 0.29) is 17.3 Å². The van der Waals surface area contributed by atoms with Gasteiger partial charge in [-0.3, -0.25) is 9.10 Å². The van der Waals surface area contributed by atoms with Crippen molar-refractivity contribution in [3.63, 3.8) is 0 Å². The summed E-state index contributed by atoms with van der Waals surface area (Å²) >= 11 is 0. The predicted octanol–water partition coefficient (Wildman–Crippen LogP) is 2.59. The summed E-state index contributed by atoms with van der Waals surface area (Å²) in [6, 6.07) is 12.2. The number of sulfonamides is 1. The number of nitrogens with zero attached hydrogens (tertiary/aromatic N) is 1. The number of hydrogen-bond donors (Lipinski definition) is 1. The van der Waals surface area contributed by atoms with Crippen LogP contribution in [0.1, 0.15) is 28.9 Å². The molecular weight excluding hydrogens is 368 g/mol. The molecule has 0 saturated carbocycles. The van der Waals surface area contributed by atoms with E-state index in [2.05, 4.69) is 5.32 Å². The summed E-state index contributed by atoms with van der Waals surface area (Å²) in [4.78, 5) is 12.9. The molecule has 0 radical (unpaired) electrons. The highest BCUT2D eigenvalue weighted by molar-refractivity contribution is 7.92. The predicted molar refractivity (Wildman–Crippen MR) is 105 cm³/mol. The number of nitrogens with one attached hydrogen (secondary N) is 1. The van der Waals surface area contributed by atoms with Crippen molar-refractivity contribution in [1.29, 1.82) is 0 Å². The van der Waals surface area contributed by atoms with Gasteiger partial charge in [0.1, 0.15) is 0 Å². The minimum atomic E-state index is -3.58. The fourth-order valence-electron chi connectivity index (χ4n) is 2.59. The number of benzene rings is 2. The quantitative estimate of drug-likeness (QED) is 0.783. The summed E-state index contributed by atoms with van der Waals surface area (Å²) in [5.41, 5.74) is 1.31. The number of hydrogen-bond acceptors (Lipinski definition) is 5. The van der Waals surface area contributed by atoms with Crippen molar-refractivity contribution >= 4 is 21.6 Å². The maximum absolute atomic E-state index is 12.9. The third-order valence-corrected chi connectivity index (χ3v) is 5.42. The number of rotatable bonds is 7. The standard InChI is InChI=1S/C19H24N2O5S/c1-13(14-9-7-6-8-10-14)20-19(22)15-11-17(25-3)18(26-4)12-16(15)21(2)27(5,23)24/h6-13H,1-5H3,(H,20,22)/t13-/m0/s1. The molecule has 0 aromatic heterocycles. The minimum Gasteiger partial charge on any atom is -0.493 e. The Kier molecular flexibility index (Phi) is 6.32. The average molecular weight is 392 g/mol. The summed E-state index contributed by atoms with van der Waals surface area (Å²) in [6.45, 7) is 1.86. The Morgan fingerprint density at radius 3 is 2.15 bits per heavy atom. The fraction of sp³-hybridized carbons (Fsp3) is 0.316. The van der Waals surface area contributed by atoms with E-state index in [0.29, 0.717) is 11.5 Å². The lowest BCUT2D eigenvalue weighted by Crippen LogP contribution is -2.31. The summed E-state index contributed by atoms with van der Waals surface area (Å²) in [7, 11) is 0.697. The maximum atomic E-state index is 12.9. The molecule has 0 saturated heterocycles. The number of methoxy groups -OCH3 is 2. The Morgan fingerprint density at radius 2 is 1.63 bits per heavy atom. The monoisotopic (exact) mass is 392 g/mol.